The highest BCUT2D eigenvalue weighted by Gasteiger charge is 2.39. The number of pyridine rings is 1. The second-order valence-corrected chi connectivity index (χ2v) is 6.60. The lowest BCUT2D eigenvalue weighted by Gasteiger charge is -2.33. The predicted molar refractivity (Wildman–Crippen MR) is 91.3 cm³/mol. The van der Waals surface area contributed by atoms with Gasteiger partial charge >= 0.3 is 0 Å². The summed E-state index contributed by atoms with van der Waals surface area (Å²) in [6.07, 6.45) is 6.21. The van der Waals surface area contributed by atoms with E-state index in [0.29, 0.717) is 36.7 Å². The molecule has 0 N–H and O–H groups in total. The van der Waals surface area contributed by atoms with Gasteiger partial charge in [-0.2, -0.15) is 0 Å². The summed E-state index contributed by atoms with van der Waals surface area (Å²) in [6, 6.07) is 4.39. The van der Waals surface area contributed by atoms with E-state index < -0.39 is 0 Å². The number of likely N-dealkylation sites (tertiary alicyclic amines) is 2. The van der Waals surface area contributed by atoms with Crippen molar-refractivity contribution < 1.29 is 14.3 Å². The number of carbonyl (C=O) groups is 1. The molecule has 2 saturated heterocycles. The maximum Gasteiger partial charge on any atom is 0.259 e. The van der Waals surface area contributed by atoms with Crippen LogP contribution in [0.1, 0.15) is 36.0 Å². The number of methoxy groups -OCH3 is 1. The molecule has 0 radical (unpaired) electrons. The van der Waals surface area contributed by atoms with E-state index in [1.54, 1.807) is 19.4 Å². The number of aromatic nitrogens is 1. The summed E-state index contributed by atoms with van der Waals surface area (Å²) in [4.78, 5) is 21.8. The largest absolute Gasteiger partial charge is 0.475 e. The molecule has 2 aliphatic heterocycles. The molecule has 132 valence electrons. The standard InChI is InChI=1S/C18H27N3O3/c1-20-10-4-7-15(20)16-8-5-11-21(16)18(22)14-6-3-9-19-17(14)24-13-12-23-2/h3,6,9,15-16H,4-5,7-8,10-13H2,1-2H3/t15-,16-/m0/s1. The van der Waals surface area contributed by atoms with E-state index in [1.807, 2.05) is 11.0 Å². The lowest BCUT2D eigenvalue weighted by molar-refractivity contribution is 0.0656. The second-order valence-electron chi connectivity index (χ2n) is 6.60. The van der Waals surface area contributed by atoms with E-state index in [9.17, 15) is 4.79 Å². The van der Waals surface area contributed by atoms with Crippen molar-refractivity contribution in [2.75, 3.05) is 40.5 Å². The fourth-order valence-corrected chi connectivity index (χ4v) is 3.91. The van der Waals surface area contributed by atoms with Crippen molar-refractivity contribution in [1.82, 2.24) is 14.8 Å². The zero-order valence-electron chi connectivity index (χ0n) is 14.6. The minimum Gasteiger partial charge on any atom is -0.475 e. The Bertz CT molecular complexity index is 566. The Labute approximate surface area is 143 Å². The van der Waals surface area contributed by atoms with Gasteiger partial charge in [-0.3, -0.25) is 4.79 Å². The molecule has 0 bridgehead atoms. The van der Waals surface area contributed by atoms with Crippen molar-refractivity contribution in [2.24, 2.45) is 0 Å². The number of likely N-dealkylation sites (N-methyl/N-ethyl adjacent to an activating group) is 1. The molecule has 0 spiro atoms. The highest BCUT2D eigenvalue weighted by atomic mass is 16.5. The second kappa shape index (κ2) is 7.94. The molecule has 6 nitrogen and oxygen atoms in total. The zero-order chi connectivity index (χ0) is 16.9. The summed E-state index contributed by atoms with van der Waals surface area (Å²) in [6.45, 7) is 2.81. The number of hydrogen-bond donors (Lipinski definition) is 0. The molecule has 24 heavy (non-hydrogen) atoms. The molecule has 1 aromatic heterocycles. The van der Waals surface area contributed by atoms with Crippen molar-refractivity contribution in [3.63, 3.8) is 0 Å². The van der Waals surface area contributed by atoms with Crippen LogP contribution in [0.5, 0.6) is 5.88 Å². The van der Waals surface area contributed by atoms with E-state index in [0.717, 1.165) is 25.9 Å². The van der Waals surface area contributed by atoms with Gasteiger partial charge < -0.3 is 19.3 Å². The lowest BCUT2D eigenvalue weighted by atomic mass is 10.0. The van der Waals surface area contributed by atoms with Crippen molar-refractivity contribution in [2.45, 2.75) is 37.8 Å². The average Bonchev–Trinajstić information content (AvgIpc) is 3.23. The Balaban J connectivity index is 1.75. The van der Waals surface area contributed by atoms with Gasteiger partial charge in [-0.25, -0.2) is 4.98 Å². The molecule has 3 rings (SSSR count). The predicted octanol–water partition coefficient (Wildman–Crippen LogP) is 1.81. The summed E-state index contributed by atoms with van der Waals surface area (Å²) in [5.41, 5.74) is 0.557. The number of amides is 1. The number of nitrogens with zero attached hydrogens (tertiary/aromatic N) is 3. The minimum absolute atomic E-state index is 0.0401. The summed E-state index contributed by atoms with van der Waals surface area (Å²) < 4.78 is 10.7. The normalized spacial score (nSPS) is 24.5. The Morgan fingerprint density at radius 1 is 1.25 bits per heavy atom. The van der Waals surface area contributed by atoms with Crippen LogP contribution in [0.4, 0.5) is 0 Å². The van der Waals surface area contributed by atoms with Gasteiger partial charge in [-0.1, -0.05) is 0 Å². The van der Waals surface area contributed by atoms with Gasteiger partial charge in [-0.15, -0.1) is 0 Å². The monoisotopic (exact) mass is 333 g/mol. The molecule has 3 heterocycles. The quantitative estimate of drug-likeness (QED) is 0.743. The van der Waals surface area contributed by atoms with Gasteiger partial charge in [0.05, 0.1) is 6.61 Å². The molecule has 2 aliphatic rings. The van der Waals surface area contributed by atoms with E-state index >= 15 is 0 Å². The van der Waals surface area contributed by atoms with Gasteiger partial charge in [0.15, 0.2) is 0 Å². The highest BCUT2D eigenvalue weighted by molar-refractivity contribution is 5.96. The smallest absolute Gasteiger partial charge is 0.259 e. The molecule has 0 saturated carbocycles. The first-order valence-electron chi connectivity index (χ1n) is 8.80. The van der Waals surface area contributed by atoms with Crippen LogP contribution in [-0.4, -0.2) is 73.2 Å². The lowest BCUT2D eigenvalue weighted by Crippen LogP contribution is -2.47. The summed E-state index contributed by atoms with van der Waals surface area (Å²) in [7, 11) is 3.79. The third-order valence-corrected chi connectivity index (χ3v) is 5.11. The van der Waals surface area contributed by atoms with Crippen LogP contribution in [0.3, 0.4) is 0 Å². The van der Waals surface area contributed by atoms with Gasteiger partial charge in [0, 0.05) is 31.9 Å². The molecule has 6 heteroatoms. The van der Waals surface area contributed by atoms with Gasteiger partial charge in [-0.05, 0) is 51.4 Å². The van der Waals surface area contributed by atoms with E-state index in [-0.39, 0.29) is 5.91 Å². The molecule has 2 fully saturated rings. The Morgan fingerprint density at radius 3 is 2.79 bits per heavy atom. The molecule has 0 unspecified atom stereocenters. The van der Waals surface area contributed by atoms with E-state index in [2.05, 4.69) is 16.9 Å². The molecular formula is C18H27N3O3. The van der Waals surface area contributed by atoms with Crippen LogP contribution in [0.2, 0.25) is 0 Å². The van der Waals surface area contributed by atoms with Crippen molar-refractivity contribution in [3.05, 3.63) is 23.9 Å². The number of ether oxygens (including phenoxy) is 2. The molecule has 0 aromatic carbocycles. The van der Waals surface area contributed by atoms with Crippen LogP contribution in [0.15, 0.2) is 18.3 Å². The van der Waals surface area contributed by atoms with Crippen LogP contribution in [-0.2, 0) is 4.74 Å². The molecule has 2 atom stereocenters. The molecule has 1 amide bonds. The first-order chi connectivity index (χ1) is 11.7. The van der Waals surface area contributed by atoms with Crippen molar-refractivity contribution in [1.29, 1.82) is 0 Å². The van der Waals surface area contributed by atoms with Gasteiger partial charge in [0.25, 0.3) is 5.91 Å². The van der Waals surface area contributed by atoms with Crippen LogP contribution in [0.25, 0.3) is 0 Å². The van der Waals surface area contributed by atoms with Crippen molar-refractivity contribution in [3.8, 4) is 5.88 Å². The van der Waals surface area contributed by atoms with Gasteiger partial charge in [0.2, 0.25) is 5.88 Å². The molecule has 0 aliphatic carbocycles. The number of hydrogen-bond acceptors (Lipinski definition) is 5. The Morgan fingerprint density at radius 2 is 2.04 bits per heavy atom. The fraction of sp³-hybridized carbons (Fsp3) is 0.667. The summed E-state index contributed by atoms with van der Waals surface area (Å²) in [5.74, 6) is 0.447. The van der Waals surface area contributed by atoms with Gasteiger partial charge in [0.1, 0.15) is 12.2 Å². The van der Waals surface area contributed by atoms with E-state index in [4.69, 9.17) is 9.47 Å². The Hall–Kier alpha value is -1.66. The molecule has 1 aromatic rings. The maximum absolute atomic E-state index is 13.1. The van der Waals surface area contributed by atoms with Crippen molar-refractivity contribution >= 4 is 5.91 Å². The average molecular weight is 333 g/mol. The first kappa shape index (κ1) is 17.2. The summed E-state index contributed by atoms with van der Waals surface area (Å²) in [5, 5.41) is 0. The topological polar surface area (TPSA) is 54.9 Å². The third kappa shape index (κ3) is 3.54. The van der Waals surface area contributed by atoms with Crippen LogP contribution < -0.4 is 4.74 Å². The molecular weight excluding hydrogens is 306 g/mol. The Kier molecular flexibility index (Phi) is 5.68. The van der Waals surface area contributed by atoms with Crippen LogP contribution in [0, 0.1) is 0 Å². The minimum atomic E-state index is 0.0401. The number of rotatable bonds is 6. The zero-order valence-corrected chi connectivity index (χ0v) is 14.6. The van der Waals surface area contributed by atoms with Crippen LogP contribution >= 0.6 is 0 Å². The first-order valence-corrected chi connectivity index (χ1v) is 8.80. The third-order valence-electron chi connectivity index (χ3n) is 5.11. The van der Waals surface area contributed by atoms with E-state index in [1.165, 1.54) is 12.8 Å². The fourth-order valence-electron chi connectivity index (χ4n) is 3.91. The maximum atomic E-state index is 13.1. The SMILES string of the molecule is COCCOc1ncccc1C(=O)N1CCC[C@H]1[C@@H]1CCCN1C. The summed E-state index contributed by atoms with van der Waals surface area (Å²) >= 11 is 0. The highest BCUT2D eigenvalue weighted by Crippen LogP contribution is 2.31. The number of carbonyl (C=O) groups excluding carboxylic acids is 1.